The van der Waals surface area contributed by atoms with Crippen molar-refractivity contribution in [2.24, 2.45) is 5.41 Å². The van der Waals surface area contributed by atoms with E-state index in [4.69, 9.17) is 11.6 Å². The lowest BCUT2D eigenvalue weighted by Crippen LogP contribution is -2.40. The number of piperidine rings is 1. The minimum Gasteiger partial charge on any atom is -0.356 e. The van der Waals surface area contributed by atoms with E-state index >= 15 is 0 Å². The van der Waals surface area contributed by atoms with E-state index in [1.54, 1.807) is 6.33 Å². The standard InChI is InChI=1S/C14H22ClN3/c1-3-14(4-2)5-7-18(8-6-14)13-12(9-15)10-16-11-17-13/h10-11H,3-9H2,1-2H3. The van der Waals surface area contributed by atoms with E-state index in [9.17, 15) is 0 Å². The van der Waals surface area contributed by atoms with Gasteiger partial charge in [0.05, 0.1) is 5.88 Å². The number of aromatic nitrogens is 2. The minimum atomic E-state index is 0.485. The summed E-state index contributed by atoms with van der Waals surface area (Å²) in [5.41, 5.74) is 1.59. The van der Waals surface area contributed by atoms with Gasteiger partial charge in [-0.25, -0.2) is 9.97 Å². The molecule has 0 N–H and O–H groups in total. The van der Waals surface area contributed by atoms with E-state index in [2.05, 4.69) is 28.7 Å². The fourth-order valence-corrected chi connectivity index (χ4v) is 3.07. The zero-order chi connectivity index (χ0) is 13.0. The van der Waals surface area contributed by atoms with Crippen molar-refractivity contribution < 1.29 is 0 Å². The fraction of sp³-hybridized carbons (Fsp3) is 0.714. The molecule has 2 heterocycles. The molecule has 3 nitrogen and oxygen atoms in total. The first-order valence-corrected chi connectivity index (χ1v) is 7.38. The molecule has 1 fully saturated rings. The second-order valence-corrected chi connectivity index (χ2v) is 5.47. The van der Waals surface area contributed by atoms with Crippen LogP contribution in [0.3, 0.4) is 0 Å². The number of hydrogen-bond donors (Lipinski definition) is 0. The quantitative estimate of drug-likeness (QED) is 0.780. The maximum Gasteiger partial charge on any atom is 0.136 e. The Balaban J connectivity index is 2.10. The fourth-order valence-electron chi connectivity index (χ4n) is 2.88. The summed E-state index contributed by atoms with van der Waals surface area (Å²) < 4.78 is 0. The molecule has 0 spiro atoms. The largest absolute Gasteiger partial charge is 0.356 e. The first kappa shape index (κ1) is 13.6. The van der Waals surface area contributed by atoms with Gasteiger partial charge in [-0.3, -0.25) is 0 Å². The van der Waals surface area contributed by atoms with Crippen LogP contribution in [-0.4, -0.2) is 23.1 Å². The Morgan fingerprint density at radius 3 is 2.50 bits per heavy atom. The topological polar surface area (TPSA) is 29.0 Å². The van der Waals surface area contributed by atoms with Gasteiger partial charge < -0.3 is 4.90 Å². The maximum atomic E-state index is 5.96. The molecule has 1 aromatic rings. The van der Waals surface area contributed by atoms with Crippen molar-refractivity contribution in [1.82, 2.24) is 9.97 Å². The third kappa shape index (κ3) is 2.61. The van der Waals surface area contributed by atoms with Gasteiger partial charge in [0.2, 0.25) is 0 Å². The molecule has 0 radical (unpaired) electrons. The van der Waals surface area contributed by atoms with Crippen molar-refractivity contribution in [3.05, 3.63) is 18.1 Å². The second kappa shape index (κ2) is 5.87. The summed E-state index contributed by atoms with van der Waals surface area (Å²) in [6, 6.07) is 0. The number of nitrogens with zero attached hydrogens (tertiary/aromatic N) is 3. The summed E-state index contributed by atoms with van der Waals surface area (Å²) in [6.07, 6.45) is 8.52. The molecule has 0 aliphatic carbocycles. The number of halogens is 1. The third-order valence-corrected chi connectivity index (χ3v) is 4.82. The van der Waals surface area contributed by atoms with Gasteiger partial charge in [0.15, 0.2) is 0 Å². The van der Waals surface area contributed by atoms with Crippen LogP contribution in [0.4, 0.5) is 5.82 Å². The van der Waals surface area contributed by atoms with Crippen molar-refractivity contribution in [2.45, 2.75) is 45.4 Å². The lowest BCUT2D eigenvalue weighted by molar-refractivity contribution is 0.199. The van der Waals surface area contributed by atoms with Gasteiger partial charge >= 0.3 is 0 Å². The van der Waals surface area contributed by atoms with Gasteiger partial charge in [-0.1, -0.05) is 26.7 Å². The molecule has 1 aliphatic rings. The average Bonchev–Trinajstić information content (AvgIpc) is 2.47. The average molecular weight is 268 g/mol. The Hall–Kier alpha value is -0.830. The molecule has 1 saturated heterocycles. The van der Waals surface area contributed by atoms with Crippen LogP contribution in [-0.2, 0) is 5.88 Å². The molecule has 4 heteroatoms. The van der Waals surface area contributed by atoms with E-state index in [0.717, 1.165) is 24.5 Å². The highest BCUT2D eigenvalue weighted by molar-refractivity contribution is 6.17. The van der Waals surface area contributed by atoms with Gasteiger partial charge in [-0.15, -0.1) is 11.6 Å². The van der Waals surface area contributed by atoms with E-state index in [1.165, 1.54) is 25.7 Å². The molecule has 0 aromatic carbocycles. The van der Waals surface area contributed by atoms with E-state index < -0.39 is 0 Å². The van der Waals surface area contributed by atoms with Gasteiger partial charge in [0.25, 0.3) is 0 Å². The Morgan fingerprint density at radius 1 is 1.28 bits per heavy atom. The normalized spacial score (nSPS) is 18.9. The van der Waals surface area contributed by atoms with Gasteiger partial charge in [-0.2, -0.15) is 0 Å². The lowest BCUT2D eigenvalue weighted by Gasteiger charge is -2.41. The molecule has 18 heavy (non-hydrogen) atoms. The molecule has 0 saturated carbocycles. The predicted octanol–water partition coefficient (Wildman–Crippen LogP) is 3.62. The van der Waals surface area contributed by atoms with E-state index in [0.29, 0.717) is 11.3 Å². The predicted molar refractivity (Wildman–Crippen MR) is 76.1 cm³/mol. The Bertz CT molecular complexity index is 380. The summed E-state index contributed by atoms with van der Waals surface area (Å²) >= 11 is 5.96. The Labute approximate surface area is 115 Å². The lowest BCUT2D eigenvalue weighted by atomic mass is 9.74. The van der Waals surface area contributed by atoms with Crippen LogP contribution in [0, 0.1) is 5.41 Å². The summed E-state index contributed by atoms with van der Waals surface area (Å²) in [5, 5.41) is 0. The maximum absolute atomic E-state index is 5.96. The molecule has 1 aliphatic heterocycles. The van der Waals surface area contributed by atoms with Crippen molar-refractivity contribution in [2.75, 3.05) is 18.0 Å². The van der Waals surface area contributed by atoms with Crippen LogP contribution in [0.2, 0.25) is 0 Å². The highest BCUT2D eigenvalue weighted by Crippen LogP contribution is 2.39. The Morgan fingerprint density at radius 2 is 1.94 bits per heavy atom. The second-order valence-electron chi connectivity index (χ2n) is 5.20. The zero-order valence-electron chi connectivity index (χ0n) is 11.3. The summed E-state index contributed by atoms with van der Waals surface area (Å²) in [5.74, 6) is 1.51. The van der Waals surface area contributed by atoms with Crippen LogP contribution in [0.5, 0.6) is 0 Å². The first-order valence-electron chi connectivity index (χ1n) is 6.84. The van der Waals surface area contributed by atoms with Crippen molar-refractivity contribution in [1.29, 1.82) is 0 Å². The molecule has 2 rings (SSSR count). The number of rotatable bonds is 4. The minimum absolute atomic E-state index is 0.485. The molecule has 100 valence electrons. The summed E-state index contributed by atoms with van der Waals surface area (Å²) in [7, 11) is 0. The molecule has 0 unspecified atom stereocenters. The number of anilines is 1. The molecule has 0 amide bonds. The van der Waals surface area contributed by atoms with Crippen molar-refractivity contribution in [3.8, 4) is 0 Å². The zero-order valence-corrected chi connectivity index (χ0v) is 12.1. The first-order chi connectivity index (χ1) is 8.74. The highest BCUT2D eigenvalue weighted by atomic mass is 35.5. The highest BCUT2D eigenvalue weighted by Gasteiger charge is 2.32. The van der Waals surface area contributed by atoms with Crippen LogP contribution in [0.25, 0.3) is 0 Å². The smallest absolute Gasteiger partial charge is 0.136 e. The van der Waals surface area contributed by atoms with Gasteiger partial charge in [-0.05, 0) is 18.3 Å². The number of alkyl halides is 1. The summed E-state index contributed by atoms with van der Waals surface area (Å²) in [4.78, 5) is 10.8. The van der Waals surface area contributed by atoms with Crippen LogP contribution < -0.4 is 4.90 Å². The van der Waals surface area contributed by atoms with Crippen molar-refractivity contribution >= 4 is 17.4 Å². The Kier molecular flexibility index (Phi) is 4.44. The van der Waals surface area contributed by atoms with Crippen LogP contribution >= 0.6 is 11.6 Å². The van der Waals surface area contributed by atoms with E-state index in [-0.39, 0.29) is 0 Å². The van der Waals surface area contributed by atoms with Gasteiger partial charge in [0.1, 0.15) is 12.1 Å². The number of hydrogen-bond acceptors (Lipinski definition) is 3. The van der Waals surface area contributed by atoms with Gasteiger partial charge in [0, 0.05) is 24.8 Å². The van der Waals surface area contributed by atoms with E-state index in [1.807, 2.05) is 6.20 Å². The molecular weight excluding hydrogens is 246 g/mol. The molecule has 1 aromatic heterocycles. The molecular formula is C14H22ClN3. The summed E-state index contributed by atoms with van der Waals surface area (Å²) in [6.45, 7) is 6.80. The molecule has 0 atom stereocenters. The third-order valence-electron chi connectivity index (χ3n) is 4.53. The molecule has 0 bridgehead atoms. The monoisotopic (exact) mass is 267 g/mol. The SMILES string of the molecule is CCC1(CC)CCN(c2ncncc2CCl)CC1. The van der Waals surface area contributed by atoms with Crippen molar-refractivity contribution in [3.63, 3.8) is 0 Å². The van der Waals surface area contributed by atoms with Crippen LogP contribution in [0.1, 0.15) is 45.1 Å². The van der Waals surface area contributed by atoms with Crippen LogP contribution in [0.15, 0.2) is 12.5 Å².